The number of ether oxygens (including phenoxy) is 2. The van der Waals surface area contributed by atoms with Gasteiger partial charge in [0.25, 0.3) is 5.91 Å². The van der Waals surface area contributed by atoms with Crippen LogP contribution in [0.5, 0.6) is 5.75 Å². The minimum Gasteiger partial charge on any atom is -0.489 e. The molecule has 2 aliphatic carbocycles. The summed E-state index contributed by atoms with van der Waals surface area (Å²) in [5, 5.41) is 2.35. The number of fused-ring (bicyclic) bond motifs is 1. The molecule has 182 valence electrons. The number of imide groups is 1. The molecule has 1 aromatic carbocycles. The van der Waals surface area contributed by atoms with Crippen LogP contribution in [0.4, 0.5) is 0 Å². The Bertz CT molecular complexity index is 987. The maximum atomic E-state index is 12.9. The quantitative estimate of drug-likeness (QED) is 0.619. The SMILES string of the molecule is O=C1CCC(N2Cc3cc(O[C@H]4CCCCC4N4CC(OCC5CC5)C4)ccc3C2=O)C(=O)N1. The second kappa shape index (κ2) is 8.96. The lowest BCUT2D eigenvalue weighted by Gasteiger charge is -2.48. The lowest BCUT2D eigenvalue weighted by atomic mass is 9.89. The van der Waals surface area contributed by atoms with Crippen LogP contribution in [0, 0.1) is 5.92 Å². The number of likely N-dealkylation sites (tertiary alicyclic amines) is 1. The Hall–Kier alpha value is -2.45. The van der Waals surface area contributed by atoms with E-state index < -0.39 is 6.04 Å². The van der Waals surface area contributed by atoms with Crippen LogP contribution in [-0.4, -0.2) is 71.5 Å². The van der Waals surface area contributed by atoms with Gasteiger partial charge in [-0.2, -0.15) is 0 Å². The van der Waals surface area contributed by atoms with Gasteiger partial charge >= 0.3 is 0 Å². The van der Waals surface area contributed by atoms with Crippen LogP contribution >= 0.6 is 0 Å². The fourth-order valence-corrected chi connectivity index (χ4v) is 5.83. The average molecular weight is 468 g/mol. The van der Waals surface area contributed by atoms with Crippen molar-refractivity contribution in [2.24, 2.45) is 5.92 Å². The molecule has 0 aromatic heterocycles. The van der Waals surface area contributed by atoms with Gasteiger partial charge in [-0.3, -0.25) is 24.6 Å². The van der Waals surface area contributed by atoms with Gasteiger partial charge < -0.3 is 14.4 Å². The Morgan fingerprint density at radius 1 is 1.00 bits per heavy atom. The molecule has 3 aliphatic heterocycles. The van der Waals surface area contributed by atoms with Crippen LogP contribution < -0.4 is 10.1 Å². The number of hydrogen-bond donors (Lipinski definition) is 1. The van der Waals surface area contributed by atoms with E-state index in [2.05, 4.69) is 10.2 Å². The molecular weight excluding hydrogens is 434 g/mol. The van der Waals surface area contributed by atoms with Crippen molar-refractivity contribution in [1.29, 1.82) is 0 Å². The summed E-state index contributed by atoms with van der Waals surface area (Å²) in [4.78, 5) is 40.8. The molecule has 8 heteroatoms. The molecule has 2 unspecified atom stereocenters. The number of nitrogens with zero attached hydrogens (tertiary/aromatic N) is 2. The second-order valence-corrected chi connectivity index (χ2v) is 10.6. The van der Waals surface area contributed by atoms with Crippen LogP contribution in [-0.2, 0) is 20.9 Å². The van der Waals surface area contributed by atoms with E-state index in [-0.39, 0.29) is 30.2 Å². The van der Waals surface area contributed by atoms with E-state index in [0.29, 0.717) is 30.7 Å². The summed E-state index contributed by atoms with van der Waals surface area (Å²) in [5.74, 6) is 0.788. The van der Waals surface area contributed by atoms with Gasteiger partial charge in [-0.25, -0.2) is 0 Å². The molecule has 4 fully saturated rings. The first-order chi connectivity index (χ1) is 16.5. The number of piperidine rings is 1. The predicted molar refractivity (Wildman–Crippen MR) is 123 cm³/mol. The fourth-order valence-electron chi connectivity index (χ4n) is 5.83. The first-order valence-electron chi connectivity index (χ1n) is 12.8. The minimum absolute atomic E-state index is 0.138. The Labute approximate surface area is 199 Å². The molecule has 5 aliphatic rings. The van der Waals surface area contributed by atoms with E-state index in [1.165, 1.54) is 25.7 Å². The highest BCUT2D eigenvalue weighted by Gasteiger charge is 2.41. The third kappa shape index (κ3) is 4.33. The maximum absolute atomic E-state index is 12.9. The first-order valence-corrected chi connectivity index (χ1v) is 12.8. The monoisotopic (exact) mass is 467 g/mol. The van der Waals surface area contributed by atoms with Crippen LogP contribution in [0.2, 0.25) is 0 Å². The van der Waals surface area contributed by atoms with Crippen molar-refractivity contribution in [3.63, 3.8) is 0 Å². The van der Waals surface area contributed by atoms with Crippen LogP contribution in [0.1, 0.15) is 67.3 Å². The number of carbonyl (C=O) groups excluding carboxylic acids is 3. The number of nitrogens with one attached hydrogen (secondary N) is 1. The summed E-state index contributed by atoms with van der Waals surface area (Å²) in [6.45, 7) is 3.29. The lowest BCUT2D eigenvalue weighted by Crippen LogP contribution is -2.61. The van der Waals surface area contributed by atoms with Gasteiger partial charge in [0.15, 0.2) is 0 Å². The highest BCUT2D eigenvalue weighted by atomic mass is 16.5. The summed E-state index contributed by atoms with van der Waals surface area (Å²) < 4.78 is 12.6. The molecule has 3 heterocycles. The van der Waals surface area contributed by atoms with Crippen molar-refractivity contribution in [2.75, 3.05) is 19.7 Å². The molecular formula is C26H33N3O5. The van der Waals surface area contributed by atoms with Crippen LogP contribution in [0.3, 0.4) is 0 Å². The summed E-state index contributed by atoms with van der Waals surface area (Å²) in [5.41, 5.74) is 1.51. The molecule has 34 heavy (non-hydrogen) atoms. The van der Waals surface area contributed by atoms with Crippen LogP contribution in [0.25, 0.3) is 0 Å². The molecule has 1 N–H and O–H groups in total. The van der Waals surface area contributed by atoms with Gasteiger partial charge in [0.2, 0.25) is 11.8 Å². The van der Waals surface area contributed by atoms with E-state index >= 15 is 0 Å². The third-order valence-electron chi connectivity index (χ3n) is 8.06. The van der Waals surface area contributed by atoms with E-state index in [4.69, 9.17) is 9.47 Å². The topological polar surface area (TPSA) is 88.2 Å². The predicted octanol–water partition coefficient (Wildman–Crippen LogP) is 2.25. The van der Waals surface area contributed by atoms with Crippen molar-refractivity contribution < 1.29 is 23.9 Å². The normalized spacial score (nSPS) is 30.2. The summed E-state index contributed by atoms with van der Waals surface area (Å²) in [6.07, 6.45) is 8.37. The number of amides is 3. The first kappa shape index (κ1) is 22.0. The molecule has 3 atom stereocenters. The van der Waals surface area contributed by atoms with Gasteiger partial charge in [-0.05, 0) is 68.2 Å². The number of hydrogen-bond acceptors (Lipinski definition) is 6. The zero-order valence-corrected chi connectivity index (χ0v) is 19.5. The van der Waals surface area contributed by atoms with Crippen molar-refractivity contribution in [3.8, 4) is 5.75 Å². The Balaban J connectivity index is 1.09. The van der Waals surface area contributed by atoms with Gasteiger partial charge in [0.05, 0.1) is 6.10 Å². The molecule has 0 radical (unpaired) electrons. The van der Waals surface area contributed by atoms with Crippen molar-refractivity contribution in [1.82, 2.24) is 15.1 Å². The van der Waals surface area contributed by atoms with Gasteiger partial charge in [-0.1, -0.05) is 6.42 Å². The minimum atomic E-state index is -0.591. The van der Waals surface area contributed by atoms with Crippen LogP contribution in [0.15, 0.2) is 18.2 Å². The number of rotatable bonds is 7. The van der Waals surface area contributed by atoms with Crippen molar-refractivity contribution in [2.45, 2.75) is 82.2 Å². The fraction of sp³-hybridized carbons (Fsp3) is 0.654. The maximum Gasteiger partial charge on any atom is 0.255 e. The second-order valence-electron chi connectivity index (χ2n) is 10.6. The molecule has 0 spiro atoms. The molecule has 1 aromatic rings. The Morgan fingerprint density at radius 2 is 1.82 bits per heavy atom. The van der Waals surface area contributed by atoms with E-state index in [0.717, 1.165) is 49.8 Å². The standard InChI is InChI=1S/C26H33N3O5/c30-24-10-9-22(25(31)27-24)29-12-17-11-18(7-8-20(17)26(29)32)34-23-4-2-1-3-21(23)28-13-19(14-28)33-15-16-5-6-16/h7-8,11,16,19,21-23H,1-6,9-10,12-15H2,(H,27,30,31)/t21?,22?,23-/m0/s1. The van der Waals surface area contributed by atoms with E-state index in [9.17, 15) is 14.4 Å². The molecule has 0 bridgehead atoms. The number of carbonyl (C=O) groups is 3. The third-order valence-corrected chi connectivity index (χ3v) is 8.06. The zero-order valence-electron chi connectivity index (χ0n) is 19.5. The van der Waals surface area contributed by atoms with Gasteiger partial charge in [0, 0.05) is 44.3 Å². The average Bonchev–Trinajstić information content (AvgIpc) is 3.57. The summed E-state index contributed by atoms with van der Waals surface area (Å²) >= 11 is 0. The van der Waals surface area contributed by atoms with Gasteiger partial charge in [0.1, 0.15) is 17.9 Å². The molecule has 6 rings (SSSR count). The molecule has 2 saturated heterocycles. The van der Waals surface area contributed by atoms with Crippen molar-refractivity contribution in [3.05, 3.63) is 29.3 Å². The Morgan fingerprint density at radius 3 is 2.62 bits per heavy atom. The largest absolute Gasteiger partial charge is 0.489 e. The Kier molecular flexibility index (Phi) is 5.81. The zero-order chi connectivity index (χ0) is 23.2. The summed E-state index contributed by atoms with van der Waals surface area (Å²) in [6, 6.07) is 5.48. The lowest BCUT2D eigenvalue weighted by molar-refractivity contribution is -0.136. The van der Waals surface area contributed by atoms with Crippen molar-refractivity contribution >= 4 is 17.7 Å². The van der Waals surface area contributed by atoms with E-state index in [1.54, 1.807) is 4.90 Å². The molecule has 3 amide bonds. The highest BCUT2D eigenvalue weighted by Crippen LogP contribution is 2.35. The molecule has 8 nitrogen and oxygen atoms in total. The summed E-state index contributed by atoms with van der Waals surface area (Å²) in [7, 11) is 0. The van der Waals surface area contributed by atoms with E-state index in [1.807, 2.05) is 18.2 Å². The van der Waals surface area contributed by atoms with Gasteiger partial charge in [-0.15, -0.1) is 0 Å². The highest BCUT2D eigenvalue weighted by molar-refractivity contribution is 6.05. The number of benzene rings is 1. The smallest absolute Gasteiger partial charge is 0.255 e. The molecule has 2 saturated carbocycles.